The number of benzene rings is 3. The maximum atomic E-state index is 6.17. The molecule has 4 aromatic rings. The molecule has 0 spiro atoms. The average molecular weight is 571 g/mol. The molecule has 6 rings (SSSR count). The van der Waals surface area contributed by atoms with Crippen LogP contribution >= 0.6 is 0 Å². The highest BCUT2D eigenvalue weighted by atomic mass is 32.2. The van der Waals surface area contributed by atoms with Gasteiger partial charge in [-0.1, -0.05) is 6.07 Å². The molecule has 0 saturated carbocycles. The van der Waals surface area contributed by atoms with E-state index in [9.17, 15) is 0 Å². The van der Waals surface area contributed by atoms with Crippen LogP contribution in [0.5, 0.6) is 17.2 Å². The van der Waals surface area contributed by atoms with E-state index in [1.807, 2.05) is 18.2 Å². The maximum Gasteiger partial charge on any atom is 0.199 e. The van der Waals surface area contributed by atoms with Crippen LogP contribution in [0, 0.1) is 0 Å². The van der Waals surface area contributed by atoms with Crippen LogP contribution in [0.25, 0.3) is 0 Å². The highest BCUT2D eigenvalue weighted by Crippen LogP contribution is 2.35. The van der Waals surface area contributed by atoms with Crippen LogP contribution in [0.4, 0.5) is 0 Å². The van der Waals surface area contributed by atoms with Gasteiger partial charge in [0.1, 0.15) is 23.9 Å². The summed E-state index contributed by atoms with van der Waals surface area (Å²) in [4.78, 5) is 7.65. The van der Waals surface area contributed by atoms with Gasteiger partial charge in [0.2, 0.25) is 0 Å². The standard InChI is InChI=1S/C34H36NO5S/c1-3-22-36-33(8-1)39-27-10-14-30(15-11-27)41(31-16-12-28(13-17-31)40-34-9-2-4-23-37-34)32-7-5-6-29(24-32)38-25-26-18-20-35-21-19-26/h5-7,10-21,24,33-34H,1-4,8-9,22-23,25H2/q+1. The minimum absolute atomic E-state index is 0.164. The van der Waals surface area contributed by atoms with E-state index in [0.717, 1.165) is 74.6 Å². The summed E-state index contributed by atoms with van der Waals surface area (Å²) in [5, 5.41) is 0. The summed E-state index contributed by atoms with van der Waals surface area (Å²) in [6.45, 7) is 2.01. The fourth-order valence-corrected chi connectivity index (χ4v) is 7.05. The summed E-state index contributed by atoms with van der Waals surface area (Å²) >= 11 is 0. The van der Waals surface area contributed by atoms with Crippen LogP contribution in [-0.2, 0) is 27.0 Å². The van der Waals surface area contributed by atoms with Gasteiger partial charge in [0.25, 0.3) is 0 Å². The van der Waals surface area contributed by atoms with Crippen molar-refractivity contribution in [2.45, 2.75) is 72.4 Å². The van der Waals surface area contributed by atoms with Gasteiger partial charge in [0.05, 0.1) is 24.1 Å². The van der Waals surface area contributed by atoms with Gasteiger partial charge in [0, 0.05) is 31.3 Å². The van der Waals surface area contributed by atoms with Gasteiger partial charge in [-0.2, -0.15) is 0 Å². The molecule has 2 aliphatic heterocycles. The summed E-state index contributed by atoms with van der Waals surface area (Å²) in [5.41, 5.74) is 1.08. The zero-order valence-corrected chi connectivity index (χ0v) is 24.0. The van der Waals surface area contributed by atoms with Gasteiger partial charge < -0.3 is 23.7 Å². The minimum atomic E-state index is -0.367. The number of aromatic nitrogens is 1. The van der Waals surface area contributed by atoms with Crippen LogP contribution in [0.1, 0.15) is 44.1 Å². The molecule has 3 aromatic carbocycles. The first-order valence-corrected chi connectivity index (χ1v) is 15.7. The second-order valence-electron chi connectivity index (χ2n) is 10.2. The SMILES string of the molecule is c1cc(OCc2ccncc2)cc([S+](c2ccc(OC3CCCCO3)cc2)c2ccc(OC3CCCCO3)cc2)c1. The molecular formula is C34H36NO5S+. The van der Waals surface area contributed by atoms with Crippen molar-refractivity contribution in [1.29, 1.82) is 0 Å². The monoisotopic (exact) mass is 570 g/mol. The number of nitrogens with zero attached hydrogens (tertiary/aromatic N) is 1. The molecule has 3 heterocycles. The van der Waals surface area contributed by atoms with Crippen LogP contribution < -0.4 is 14.2 Å². The lowest BCUT2D eigenvalue weighted by atomic mass is 10.2. The average Bonchev–Trinajstić information content (AvgIpc) is 3.04. The zero-order valence-electron chi connectivity index (χ0n) is 23.2. The van der Waals surface area contributed by atoms with E-state index in [-0.39, 0.29) is 23.5 Å². The molecule has 0 radical (unpaired) electrons. The Kier molecular flexibility index (Phi) is 9.37. The Balaban J connectivity index is 1.24. The topological polar surface area (TPSA) is 59.0 Å². The summed E-state index contributed by atoms with van der Waals surface area (Å²) in [5.74, 6) is 2.49. The Morgan fingerprint density at radius 3 is 1.76 bits per heavy atom. The fraction of sp³-hybridized carbons (Fsp3) is 0.324. The minimum Gasteiger partial charge on any atom is -0.489 e. The van der Waals surface area contributed by atoms with Crippen molar-refractivity contribution in [3.05, 3.63) is 103 Å². The number of pyridine rings is 1. The van der Waals surface area contributed by atoms with Crippen LogP contribution in [0.15, 0.2) is 112 Å². The molecule has 0 bridgehead atoms. The molecule has 1 aromatic heterocycles. The van der Waals surface area contributed by atoms with Crippen LogP contribution in [0.2, 0.25) is 0 Å². The van der Waals surface area contributed by atoms with Gasteiger partial charge in [0.15, 0.2) is 27.3 Å². The lowest BCUT2D eigenvalue weighted by Crippen LogP contribution is -2.25. The Labute approximate surface area is 244 Å². The Bertz CT molecular complexity index is 1290. The first kappa shape index (κ1) is 27.6. The Morgan fingerprint density at radius 1 is 0.634 bits per heavy atom. The lowest BCUT2D eigenvalue weighted by molar-refractivity contribution is -0.106. The molecule has 7 heteroatoms. The van der Waals surface area contributed by atoms with Crippen LogP contribution in [0.3, 0.4) is 0 Å². The molecule has 0 N–H and O–H groups in total. The number of hydrogen-bond acceptors (Lipinski definition) is 6. The molecule has 0 aliphatic carbocycles. The smallest absolute Gasteiger partial charge is 0.199 e. The predicted octanol–water partition coefficient (Wildman–Crippen LogP) is 7.57. The van der Waals surface area contributed by atoms with Crippen LogP contribution in [-0.4, -0.2) is 30.8 Å². The molecular weight excluding hydrogens is 534 g/mol. The Morgan fingerprint density at radius 2 is 1.22 bits per heavy atom. The maximum absolute atomic E-state index is 6.17. The molecule has 2 unspecified atom stereocenters. The highest BCUT2D eigenvalue weighted by Gasteiger charge is 2.30. The van der Waals surface area contributed by atoms with Crippen molar-refractivity contribution in [3.8, 4) is 17.2 Å². The molecule has 2 atom stereocenters. The Hall–Kier alpha value is -3.52. The van der Waals surface area contributed by atoms with Gasteiger partial charge in [-0.05, 0) is 104 Å². The molecule has 2 fully saturated rings. The van der Waals surface area contributed by atoms with Crippen molar-refractivity contribution >= 4 is 10.9 Å². The molecule has 212 valence electrons. The van der Waals surface area contributed by atoms with Crippen molar-refractivity contribution < 1.29 is 23.7 Å². The predicted molar refractivity (Wildman–Crippen MR) is 158 cm³/mol. The quantitative estimate of drug-likeness (QED) is 0.183. The van der Waals surface area contributed by atoms with E-state index in [1.54, 1.807) is 12.4 Å². The largest absolute Gasteiger partial charge is 0.489 e. The molecule has 6 nitrogen and oxygen atoms in total. The lowest BCUT2D eigenvalue weighted by Gasteiger charge is -2.23. The van der Waals surface area contributed by atoms with E-state index in [1.165, 1.54) is 14.7 Å². The first-order chi connectivity index (χ1) is 20.3. The summed E-state index contributed by atoms with van der Waals surface area (Å²) in [6.07, 6.45) is 9.58. The third kappa shape index (κ3) is 7.61. The van der Waals surface area contributed by atoms with E-state index >= 15 is 0 Å². The number of ether oxygens (including phenoxy) is 5. The van der Waals surface area contributed by atoms with Crippen molar-refractivity contribution in [2.75, 3.05) is 13.2 Å². The van der Waals surface area contributed by atoms with Crippen molar-refractivity contribution in [2.24, 2.45) is 0 Å². The fourth-order valence-electron chi connectivity index (χ4n) is 4.97. The van der Waals surface area contributed by atoms with E-state index < -0.39 is 0 Å². The highest BCUT2D eigenvalue weighted by molar-refractivity contribution is 7.97. The second kappa shape index (κ2) is 13.9. The molecule has 0 amide bonds. The molecule has 2 aliphatic rings. The number of hydrogen-bond donors (Lipinski definition) is 0. The van der Waals surface area contributed by atoms with E-state index in [2.05, 4.69) is 71.7 Å². The molecule has 41 heavy (non-hydrogen) atoms. The summed E-state index contributed by atoms with van der Waals surface area (Å²) in [6, 6.07) is 29.2. The third-order valence-electron chi connectivity index (χ3n) is 7.13. The number of rotatable bonds is 10. The normalized spacial score (nSPS) is 19.7. The van der Waals surface area contributed by atoms with Gasteiger partial charge in [-0.15, -0.1) is 0 Å². The summed E-state index contributed by atoms with van der Waals surface area (Å²) in [7, 11) is -0.367. The zero-order chi connectivity index (χ0) is 27.7. The van der Waals surface area contributed by atoms with E-state index in [4.69, 9.17) is 23.7 Å². The first-order valence-electron chi connectivity index (χ1n) is 14.4. The summed E-state index contributed by atoms with van der Waals surface area (Å²) < 4.78 is 29.9. The third-order valence-corrected chi connectivity index (χ3v) is 9.34. The van der Waals surface area contributed by atoms with Gasteiger partial charge in [-0.3, -0.25) is 4.98 Å². The van der Waals surface area contributed by atoms with Gasteiger partial charge in [-0.25, -0.2) is 0 Å². The van der Waals surface area contributed by atoms with Crippen molar-refractivity contribution in [3.63, 3.8) is 0 Å². The van der Waals surface area contributed by atoms with Gasteiger partial charge >= 0.3 is 0 Å². The van der Waals surface area contributed by atoms with Crippen molar-refractivity contribution in [1.82, 2.24) is 4.98 Å². The second-order valence-corrected chi connectivity index (χ2v) is 12.2. The van der Waals surface area contributed by atoms with E-state index in [0.29, 0.717) is 6.61 Å². The molecule has 2 saturated heterocycles.